The van der Waals surface area contributed by atoms with Crippen LogP contribution in [0.25, 0.3) is 88.8 Å². The lowest BCUT2D eigenvalue weighted by Gasteiger charge is -2.12. The minimum absolute atomic E-state index is 0.690. The van der Waals surface area contributed by atoms with Crippen molar-refractivity contribution >= 4 is 21.5 Å². The van der Waals surface area contributed by atoms with Crippen LogP contribution in [0.2, 0.25) is 0 Å². The number of aromatic nitrogens is 3. The standard InChI is InChI=1S/C47H31N3/c1-3-9-38-27-41(24-18-32(38)7-1)34-16-22-37(23-17-34)47-49-45(36-20-14-35(15-21-36)44-13-6-26-48-31-44)30-46(50-47)43-12-5-11-40(29-43)42-25-19-33-8-2-4-10-39(33)28-42/h1-31H. The van der Waals surface area contributed by atoms with Crippen LogP contribution in [0.15, 0.2) is 188 Å². The zero-order valence-electron chi connectivity index (χ0n) is 27.2. The highest BCUT2D eigenvalue weighted by molar-refractivity contribution is 5.89. The Morgan fingerprint density at radius 2 is 0.760 bits per heavy atom. The van der Waals surface area contributed by atoms with Crippen LogP contribution in [0, 0.1) is 0 Å². The van der Waals surface area contributed by atoms with Gasteiger partial charge in [-0.25, -0.2) is 9.97 Å². The molecule has 0 aliphatic heterocycles. The van der Waals surface area contributed by atoms with Crippen molar-refractivity contribution in [1.82, 2.24) is 15.0 Å². The van der Waals surface area contributed by atoms with Crippen molar-refractivity contribution in [3.63, 3.8) is 0 Å². The molecule has 9 rings (SSSR count). The van der Waals surface area contributed by atoms with E-state index < -0.39 is 0 Å². The lowest BCUT2D eigenvalue weighted by atomic mass is 9.98. The second-order valence-corrected chi connectivity index (χ2v) is 12.6. The highest BCUT2D eigenvalue weighted by Gasteiger charge is 2.13. The van der Waals surface area contributed by atoms with Crippen LogP contribution < -0.4 is 0 Å². The van der Waals surface area contributed by atoms with E-state index in [1.807, 2.05) is 12.3 Å². The van der Waals surface area contributed by atoms with E-state index in [1.165, 1.54) is 32.7 Å². The maximum atomic E-state index is 5.17. The third-order valence-corrected chi connectivity index (χ3v) is 9.37. The molecule has 2 heterocycles. The van der Waals surface area contributed by atoms with Gasteiger partial charge in [-0.2, -0.15) is 0 Å². The predicted molar refractivity (Wildman–Crippen MR) is 207 cm³/mol. The summed E-state index contributed by atoms with van der Waals surface area (Å²) in [5.41, 5.74) is 11.7. The summed E-state index contributed by atoms with van der Waals surface area (Å²) >= 11 is 0. The Labute approximate surface area is 291 Å². The van der Waals surface area contributed by atoms with Crippen LogP contribution >= 0.6 is 0 Å². The molecular weight excluding hydrogens is 607 g/mol. The van der Waals surface area contributed by atoms with Gasteiger partial charge in [0.15, 0.2) is 5.82 Å². The fourth-order valence-corrected chi connectivity index (χ4v) is 6.65. The van der Waals surface area contributed by atoms with Gasteiger partial charge in [0, 0.05) is 29.1 Å². The first-order valence-corrected chi connectivity index (χ1v) is 16.8. The number of pyridine rings is 1. The van der Waals surface area contributed by atoms with Crippen LogP contribution in [0.5, 0.6) is 0 Å². The van der Waals surface area contributed by atoms with E-state index >= 15 is 0 Å². The minimum atomic E-state index is 0.690. The van der Waals surface area contributed by atoms with E-state index in [1.54, 1.807) is 6.20 Å². The second kappa shape index (κ2) is 12.7. The molecule has 0 spiro atoms. The van der Waals surface area contributed by atoms with Crippen molar-refractivity contribution < 1.29 is 0 Å². The molecular formula is C47H31N3. The van der Waals surface area contributed by atoms with E-state index in [0.717, 1.165) is 50.3 Å². The number of hydrogen-bond donors (Lipinski definition) is 0. The van der Waals surface area contributed by atoms with Gasteiger partial charge < -0.3 is 0 Å². The van der Waals surface area contributed by atoms with Crippen molar-refractivity contribution in [2.24, 2.45) is 0 Å². The second-order valence-electron chi connectivity index (χ2n) is 12.6. The van der Waals surface area contributed by atoms with Crippen LogP contribution in [0.3, 0.4) is 0 Å². The number of benzene rings is 7. The molecule has 0 saturated heterocycles. The first kappa shape index (κ1) is 29.4. The van der Waals surface area contributed by atoms with E-state index in [2.05, 4.69) is 175 Å². The summed E-state index contributed by atoms with van der Waals surface area (Å²) in [5.74, 6) is 0.690. The zero-order valence-corrected chi connectivity index (χ0v) is 27.2. The summed E-state index contributed by atoms with van der Waals surface area (Å²) in [5, 5.41) is 4.93. The summed E-state index contributed by atoms with van der Waals surface area (Å²) in [7, 11) is 0. The molecule has 0 N–H and O–H groups in total. The first-order chi connectivity index (χ1) is 24.7. The molecule has 2 aromatic heterocycles. The zero-order chi connectivity index (χ0) is 33.3. The van der Waals surface area contributed by atoms with Crippen LogP contribution in [-0.4, -0.2) is 15.0 Å². The molecule has 3 heteroatoms. The third kappa shape index (κ3) is 5.82. The van der Waals surface area contributed by atoms with Gasteiger partial charge in [-0.3, -0.25) is 4.98 Å². The third-order valence-electron chi connectivity index (χ3n) is 9.37. The first-order valence-electron chi connectivity index (χ1n) is 16.8. The van der Waals surface area contributed by atoms with E-state index in [9.17, 15) is 0 Å². The number of rotatable bonds is 6. The maximum absolute atomic E-state index is 5.17. The lowest BCUT2D eigenvalue weighted by Crippen LogP contribution is -1.96. The highest BCUT2D eigenvalue weighted by Crippen LogP contribution is 2.33. The van der Waals surface area contributed by atoms with Gasteiger partial charge in [0.05, 0.1) is 11.4 Å². The number of nitrogens with zero attached hydrogens (tertiary/aromatic N) is 3. The summed E-state index contributed by atoms with van der Waals surface area (Å²) in [6, 6.07) is 62.1. The molecule has 0 fully saturated rings. The number of hydrogen-bond acceptors (Lipinski definition) is 3. The molecule has 7 aromatic carbocycles. The molecule has 234 valence electrons. The fraction of sp³-hybridized carbons (Fsp3) is 0. The van der Waals surface area contributed by atoms with Gasteiger partial charge in [-0.05, 0) is 85.3 Å². The minimum Gasteiger partial charge on any atom is -0.264 e. The summed E-state index contributed by atoms with van der Waals surface area (Å²) < 4.78 is 0. The molecule has 0 unspecified atom stereocenters. The van der Waals surface area contributed by atoms with Gasteiger partial charge in [-0.15, -0.1) is 0 Å². The highest BCUT2D eigenvalue weighted by atomic mass is 14.9. The molecule has 0 amide bonds. The van der Waals surface area contributed by atoms with E-state index in [4.69, 9.17) is 9.97 Å². The van der Waals surface area contributed by atoms with Crippen LogP contribution in [0.1, 0.15) is 0 Å². The van der Waals surface area contributed by atoms with Gasteiger partial charge >= 0.3 is 0 Å². The van der Waals surface area contributed by atoms with Crippen molar-refractivity contribution in [3.05, 3.63) is 188 Å². The molecule has 0 saturated carbocycles. The van der Waals surface area contributed by atoms with Crippen molar-refractivity contribution in [3.8, 4) is 67.3 Å². The molecule has 3 nitrogen and oxygen atoms in total. The SMILES string of the molecule is c1cncc(-c2ccc(-c3cc(-c4cccc(-c5ccc6ccccc6c5)c4)nc(-c4ccc(-c5ccc6ccccc6c5)cc4)n3)cc2)c1. The van der Waals surface area contributed by atoms with Crippen LogP contribution in [0.4, 0.5) is 0 Å². The summed E-state index contributed by atoms with van der Waals surface area (Å²) in [4.78, 5) is 14.6. The van der Waals surface area contributed by atoms with Gasteiger partial charge in [-0.1, -0.05) is 146 Å². The van der Waals surface area contributed by atoms with E-state index in [0.29, 0.717) is 5.82 Å². The Balaban J connectivity index is 1.12. The largest absolute Gasteiger partial charge is 0.264 e. The quantitative estimate of drug-likeness (QED) is 0.182. The molecule has 0 bridgehead atoms. The molecule has 0 aliphatic carbocycles. The Morgan fingerprint density at radius 3 is 1.40 bits per heavy atom. The van der Waals surface area contributed by atoms with Gasteiger partial charge in [0.2, 0.25) is 0 Å². The van der Waals surface area contributed by atoms with Gasteiger partial charge in [0.1, 0.15) is 0 Å². The smallest absolute Gasteiger partial charge is 0.160 e. The summed E-state index contributed by atoms with van der Waals surface area (Å²) in [6.07, 6.45) is 3.69. The molecule has 50 heavy (non-hydrogen) atoms. The topological polar surface area (TPSA) is 38.7 Å². The molecule has 0 atom stereocenters. The number of fused-ring (bicyclic) bond motifs is 2. The van der Waals surface area contributed by atoms with Crippen molar-refractivity contribution in [2.75, 3.05) is 0 Å². The summed E-state index contributed by atoms with van der Waals surface area (Å²) in [6.45, 7) is 0. The molecule has 0 radical (unpaired) electrons. The maximum Gasteiger partial charge on any atom is 0.160 e. The monoisotopic (exact) mass is 637 g/mol. The van der Waals surface area contributed by atoms with Crippen molar-refractivity contribution in [1.29, 1.82) is 0 Å². The average molecular weight is 638 g/mol. The predicted octanol–water partition coefficient (Wildman–Crippen LogP) is 12.2. The normalized spacial score (nSPS) is 11.2. The Bertz CT molecular complexity index is 2630. The Hall–Kier alpha value is -6.71. The molecule has 0 aliphatic rings. The fourth-order valence-electron chi connectivity index (χ4n) is 6.65. The van der Waals surface area contributed by atoms with Gasteiger partial charge in [0.25, 0.3) is 0 Å². The van der Waals surface area contributed by atoms with E-state index in [-0.39, 0.29) is 0 Å². The molecule has 9 aromatic rings. The Kier molecular flexibility index (Phi) is 7.49. The van der Waals surface area contributed by atoms with Crippen molar-refractivity contribution in [2.45, 2.75) is 0 Å². The average Bonchev–Trinajstić information content (AvgIpc) is 3.21. The van der Waals surface area contributed by atoms with Crippen LogP contribution in [-0.2, 0) is 0 Å². The Morgan fingerprint density at radius 1 is 0.280 bits per heavy atom. The lowest BCUT2D eigenvalue weighted by molar-refractivity contribution is 1.18.